The van der Waals surface area contributed by atoms with Gasteiger partial charge in [-0.1, -0.05) is 27.7 Å². The predicted molar refractivity (Wildman–Crippen MR) is 79.3 cm³/mol. The molecule has 3 N–H and O–H groups in total. The topological polar surface area (TPSA) is 50.9 Å². The van der Waals surface area contributed by atoms with E-state index in [4.69, 9.17) is 5.84 Å². The third-order valence-corrected chi connectivity index (χ3v) is 5.24. The maximum absolute atomic E-state index is 5.58. The fourth-order valence-corrected chi connectivity index (χ4v) is 3.31. The average Bonchev–Trinajstić information content (AvgIpc) is 2.48. The molecule has 3 nitrogen and oxygen atoms in total. The van der Waals surface area contributed by atoms with Crippen molar-refractivity contribution in [2.75, 3.05) is 5.43 Å². The molecule has 2 rings (SSSR count). The lowest BCUT2D eigenvalue weighted by Gasteiger charge is -2.34. The first-order valence-electron chi connectivity index (χ1n) is 6.39. The van der Waals surface area contributed by atoms with E-state index in [1.165, 1.54) is 18.4 Å². The van der Waals surface area contributed by atoms with Crippen LogP contribution in [0.1, 0.15) is 52.0 Å². The molecular weight excluding hydrogens is 290 g/mol. The number of hydrogen-bond donors (Lipinski definition) is 2. The molecular formula is C14H22BrN3. The minimum Gasteiger partial charge on any atom is -0.308 e. The van der Waals surface area contributed by atoms with E-state index in [9.17, 15) is 0 Å². The SMILES string of the molecule is CC1(C)CC(c2cc(Br)cnc2NN)CC1(C)C. The quantitative estimate of drug-likeness (QED) is 0.639. The van der Waals surface area contributed by atoms with Crippen molar-refractivity contribution in [3.05, 3.63) is 22.3 Å². The van der Waals surface area contributed by atoms with Gasteiger partial charge in [-0.05, 0) is 51.6 Å². The molecule has 1 heterocycles. The fourth-order valence-electron chi connectivity index (χ4n) is 2.96. The highest BCUT2D eigenvalue weighted by molar-refractivity contribution is 9.10. The summed E-state index contributed by atoms with van der Waals surface area (Å²) in [6.45, 7) is 9.42. The van der Waals surface area contributed by atoms with E-state index >= 15 is 0 Å². The maximum atomic E-state index is 5.58. The van der Waals surface area contributed by atoms with Crippen molar-refractivity contribution in [3.63, 3.8) is 0 Å². The van der Waals surface area contributed by atoms with Crippen LogP contribution in [0.15, 0.2) is 16.7 Å². The van der Waals surface area contributed by atoms with Gasteiger partial charge in [-0.2, -0.15) is 0 Å². The Kier molecular flexibility index (Phi) is 3.45. The van der Waals surface area contributed by atoms with Crippen LogP contribution in [0.5, 0.6) is 0 Å². The molecule has 0 aliphatic heterocycles. The van der Waals surface area contributed by atoms with Crippen LogP contribution in [-0.4, -0.2) is 4.98 Å². The highest BCUT2D eigenvalue weighted by Crippen LogP contribution is 2.58. The molecule has 0 radical (unpaired) electrons. The van der Waals surface area contributed by atoms with E-state index in [2.05, 4.69) is 60.1 Å². The molecule has 0 amide bonds. The highest BCUT2D eigenvalue weighted by Gasteiger charge is 2.47. The van der Waals surface area contributed by atoms with E-state index in [0.29, 0.717) is 16.7 Å². The number of nitrogens with two attached hydrogens (primary N) is 1. The molecule has 0 aromatic carbocycles. The number of aromatic nitrogens is 1. The van der Waals surface area contributed by atoms with Gasteiger partial charge in [0.25, 0.3) is 0 Å². The van der Waals surface area contributed by atoms with E-state index in [1.54, 1.807) is 6.20 Å². The molecule has 1 saturated carbocycles. The minimum atomic E-state index is 0.339. The third-order valence-electron chi connectivity index (χ3n) is 4.81. The molecule has 0 unspecified atom stereocenters. The molecule has 1 aromatic rings. The molecule has 18 heavy (non-hydrogen) atoms. The van der Waals surface area contributed by atoms with E-state index in [-0.39, 0.29) is 0 Å². The van der Waals surface area contributed by atoms with Crippen molar-refractivity contribution in [1.29, 1.82) is 0 Å². The van der Waals surface area contributed by atoms with Crippen LogP contribution in [-0.2, 0) is 0 Å². The van der Waals surface area contributed by atoms with Crippen molar-refractivity contribution in [2.45, 2.75) is 46.5 Å². The van der Waals surface area contributed by atoms with Crippen LogP contribution in [0, 0.1) is 10.8 Å². The van der Waals surface area contributed by atoms with Crippen molar-refractivity contribution >= 4 is 21.7 Å². The summed E-state index contributed by atoms with van der Waals surface area (Å²) in [7, 11) is 0. The second kappa shape index (κ2) is 4.49. The van der Waals surface area contributed by atoms with Crippen LogP contribution >= 0.6 is 15.9 Å². The Labute approximate surface area is 118 Å². The van der Waals surface area contributed by atoms with Gasteiger partial charge in [0.05, 0.1) is 0 Å². The molecule has 1 aromatic heterocycles. The lowest BCUT2D eigenvalue weighted by atomic mass is 9.71. The van der Waals surface area contributed by atoms with Gasteiger partial charge in [0, 0.05) is 16.2 Å². The Morgan fingerprint density at radius 1 is 1.28 bits per heavy atom. The predicted octanol–water partition coefficient (Wildman–Crippen LogP) is 4.06. The monoisotopic (exact) mass is 311 g/mol. The first kappa shape index (κ1) is 13.8. The summed E-state index contributed by atoms with van der Waals surface area (Å²) in [5.41, 5.74) is 4.63. The second-order valence-electron chi connectivity index (χ2n) is 6.61. The lowest BCUT2D eigenvalue weighted by Crippen LogP contribution is -2.25. The van der Waals surface area contributed by atoms with Crippen LogP contribution in [0.4, 0.5) is 5.82 Å². The van der Waals surface area contributed by atoms with Gasteiger partial charge in [0.2, 0.25) is 0 Å². The van der Waals surface area contributed by atoms with Crippen LogP contribution in [0.2, 0.25) is 0 Å². The Bertz CT molecular complexity index is 438. The van der Waals surface area contributed by atoms with Gasteiger partial charge in [-0.25, -0.2) is 10.8 Å². The summed E-state index contributed by atoms with van der Waals surface area (Å²) in [6, 6.07) is 2.14. The summed E-state index contributed by atoms with van der Waals surface area (Å²) < 4.78 is 1.01. The van der Waals surface area contributed by atoms with Gasteiger partial charge >= 0.3 is 0 Å². The Morgan fingerprint density at radius 2 is 1.83 bits per heavy atom. The highest BCUT2D eigenvalue weighted by atomic mass is 79.9. The van der Waals surface area contributed by atoms with Crippen LogP contribution in [0.3, 0.4) is 0 Å². The number of hydrazine groups is 1. The third kappa shape index (κ3) is 2.28. The number of anilines is 1. The molecule has 4 heteroatoms. The normalized spacial score (nSPS) is 22.1. The fraction of sp³-hybridized carbons (Fsp3) is 0.643. The first-order chi connectivity index (χ1) is 8.27. The first-order valence-corrected chi connectivity index (χ1v) is 7.18. The van der Waals surface area contributed by atoms with E-state index in [0.717, 1.165) is 10.3 Å². The summed E-state index contributed by atoms with van der Waals surface area (Å²) in [5.74, 6) is 6.90. The Balaban J connectivity index is 2.37. The maximum Gasteiger partial charge on any atom is 0.143 e. The van der Waals surface area contributed by atoms with Gasteiger partial charge in [0.1, 0.15) is 5.82 Å². The van der Waals surface area contributed by atoms with Crippen molar-refractivity contribution in [3.8, 4) is 0 Å². The number of nitrogens with one attached hydrogen (secondary N) is 1. The van der Waals surface area contributed by atoms with Crippen LogP contribution in [0.25, 0.3) is 0 Å². The van der Waals surface area contributed by atoms with Crippen LogP contribution < -0.4 is 11.3 Å². The molecule has 1 aliphatic rings. The zero-order valence-electron chi connectivity index (χ0n) is 11.5. The average molecular weight is 312 g/mol. The number of rotatable bonds is 2. The molecule has 0 bridgehead atoms. The number of halogens is 1. The minimum absolute atomic E-state index is 0.339. The standard InChI is InChI=1S/C14H22BrN3/c1-13(2)6-9(7-14(13,3)4)11-5-10(15)8-17-12(11)18-16/h5,8-9H,6-7,16H2,1-4H3,(H,17,18). The number of pyridine rings is 1. The largest absolute Gasteiger partial charge is 0.308 e. The smallest absolute Gasteiger partial charge is 0.143 e. The second-order valence-corrected chi connectivity index (χ2v) is 7.52. The molecule has 1 aliphatic carbocycles. The Hall–Kier alpha value is -0.610. The molecule has 0 atom stereocenters. The molecule has 100 valence electrons. The summed E-state index contributed by atoms with van der Waals surface area (Å²) in [5, 5.41) is 0. The van der Waals surface area contributed by atoms with E-state index in [1.807, 2.05) is 0 Å². The summed E-state index contributed by atoms with van der Waals surface area (Å²) >= 11 is 3.50. The van der Waals surface area contributed by atoms with Gasteiger partial charge in [-0.15, -0.1) is 0 Å². The van der Waals surface area contributed by atoms with Crippen molar-refractivity contribution in [2.24, 2.45) is 16.7 Å². The number of hydrogen-bond acceptors (Lipinski definition) is 3. The van der Waals surface area contributed by atoms with Gasteiger partial charge in [-0.3, -0.25) is 0 Å². The summed E-state index contributed by atoms with van der Waals surface area (Å²) in [6.07, 6.45) is 4.13. The van der Waals surface area contributed by atoms with Crippen molar-refractivity contribution in [1.82, 2.24) is 4.98 Å². The zero-order chi connectivity index (χ0) is 13.6. The Morgan fingerprint density at radius 3 is 2.33 bits per heavy atom. The molecule has 0 saturated heterocycles. The zero-order valence-corrected chi connectivity index (χ0v) is 13.1. The number of nitrogen functional groups attached to an aromatic ring is 1. The van der Waals surface area contributed by atoms with Gasteiger partial charge in [0.15, 0.2) is 0 Å². The van der Waals surface area contributed by atoms with Crippen molar-refractivity contribution < 1.29 is 0 Å². The lowest BCUT2D eigenvalue weighted by molar-refractivity contribution is 0.157. The van der Waals surface area contributed by atoms with E-state index < -0.39 is 0 Å². The van der Waals surface area contributed by atoms with Gasteiger partial charge < -0.3 is 5.43 Å². The summed E-state index contributed by atoms with van der Waals surface area (Å²) in [4.78, 5) is 4.35. The molecule has 0 spiro atoms. The number of nitrogens with zero attached hydrogens (tertiary/aromatic N) is 1. The molecule has 1 fully saturated rings.